The summed E-state index contributed by atoms with van der Waals surface area (Å²) in [5.74, 6) is -0.515. The summed E-state index contributed by atoms with van der Waals surface area (Å²) in [5.41, 5.74) is 1.46. The third-order valence-corrected chi connectivity index (χ3v) is 5.81. The van der Waals surface area contributed by atoms with Crippen LogP contribution in [0.3, 0.4) is 0 Å². The lowest BCUT2D eigenvalue weighted by Gasteiger charge is -2.33. The van der Waals surface area contributed by atoms with E-state index < -0.39 is 23.4 Å². The molecule has 1 saturated carbocycles. The average molecular weight is 363 g/mol. The van der Waals surface area contributed by atoms with E-state index in [1.54, 1.807) is 17.5 Å². The van der Waals surface area contributed by atoms with Crippen LogP contribution < -0.4 is 10.7 Å². The Morgan fingerprint density at radius 3 is 2.68 bits per heavy atom. The second-order valence-electron chi connectivity index (χ2n) is 6.77. The maximum Gasteiger partial charge on any atom is 0.344 e. The van der Waals surface area contributed by atoms with Crippen LogP contribution in [-0.4, -0.2) is 34.2 Å². The van der Waals surface area contributed by atoms with Crippen molar-refractivity contribution in [3.05, 3.63) is 22.4 Å². The van der Waals surface area contributed by atoms with Crippen LogP contribution in [0.4, 0.5) is 4.79 Å². The molecular formula is C17H21N3O4S. The van der Waals surface area contributed by atoms with E-state index in [4.69, 9.17) is 0 Å². The zero-order valence-electron chi connectivity index (χ0n) is 14.0. The lowest BCUT2D eigenvalue weighted by atomic mass is 9.77. The van der Waals surface area contributed by atoms with Crippen LogP contribution >= 0.6 is 11.3 Å². The highest BCUT2D eigenvalue weighted by atomic mass is 32.1. The summed E-state index contributed by atoms with van der Waals surface area (Å²) in [7, 11) is 0. The Hall–Kier alpha value is -2.22. The topological polar surface area (TPSA) is 95.6 Å². The molecule has 0 atom stereocenters. The molecule has 0 aromatic carbocycles. The van der Waals surface area contributed by atoms with Gasteiger partial charge >= 0.3 is 6.03 Å². The minimum Gasteiger partial charge on any atom is -0.322 e. The zero-order valence-corrected chi connectivity index (χ0v) is 14.9. The first-order valence-electron chi connectivity index (χ1n) is 8.44. The Labute approximate surface area is 149 Å². The summed E-state index contributed by atoms with van der Waals surface area (Å²) in [6, 6.07) is 2.88. The number of nitrogens with zero attached hydrogens (tertiary/aromatic N) is 1. The maximum atomic E-state index is 12.6. The maximum absolute atomic E-state index is 12.6. The quantitative estimate of drug-likeness (QED) is 0.619. The van der Waals surface area contributed by atoms with Crippen molar-refractivity contribution in [2.45, 2.75) is 51.0 Å². The molecule has 2 fully saturated rings. The molecule has 0 radical (unpaired) electrons. The van der Waals surface area contributed by atoms with E-state index in [0.29, 0.717) is 23.6 Å². The van der Waals surface area contributed by atoms with Crippen LogP contribution in [-0.2, 0) is 9.59 Å². The fourth-order valence-electron chi connectivity index (χ4n) is 3.28. The van der Waals surface area contributed by atoms with E-state index in [1.165, 1.54) is 11.3 Å². The molecule has 3 rings (SSSR count). The number of nitrogens with one attached hydrogen (secondary N) is 2. The molecule has 8 heteroatoms. The fraction of sp³-hybridized carbons (Fsp3) is 0.529. The third kappa shape index (κ3) is 3.58. The van der Waals surface area contributed by atoms with Gasteiger partial charge in [-0.25, -0.2) is 4.79 Å². The van der Waals surface area contributed by atoms with Crippen molar-refractivity contribution in [3.8, 4) is 0 Å². The number of ketones is 1. The number of amides is 4. The molecule has 134 valence electrons. The average Bonchev–Trinajstić information content (AvgIpc) is 3.20. The van der Waals surface area contributed by atoms with E-state index in [-0.39, 0.29) is 18.6 Å². The molecule has 1 aliphatic carbocycles. The van der Waals surface area contributed by atoms with E-state index >= 15 is 0 Å². The molecule has 0 bridgehead atoms. The predicted molar refractivity (Wildman–Crippen MR) is 91.8 cm³/mol. The van der Waals surface area contributed by atoms with Gasteiger partial charge in [0, 0.05) is 12.8 Å². The second-order valence-corrected chi connectivity index (χ2v) is 7.72. The highest BCUT2D eigenvalue weighted by Gasteiger charge is 2.52. The Kier molecular flexibility index (Phi) is 4.89. The standard InChI is InChI=1S/C17H21N3O4S/c1-11-6-8-17(9-7-11)15(23)20(16(24)18-17)19-14(22)5-4-12(21)13-3-2-10-25-13/h2-3,10-11H,4-9H2,1H3,(H,18,24)(H,19,22). The van der Waals surface area contributed by atoms with Crippen molar-refractivity contribution in [1.82, 2.24) is 15.8 Å². The molecule has 25 heavy (non-hydrogen) atoms. The minimum absolute atomic E-state index is 0.0403. The number of hydrogen-bond donors (Lipinski definition) is 2. The molecule has 1 aliphatic heterocycles. The van der Waals surface area contributed by atoms with Crippen molar-refractivity contribution in [1.29, 1.82) is 0 Å². The Balaban J connectivity index is 1.55. The molecule has 4 amide bonds. The molecule has 0 unspecified atom stereocenters. The SMILES string of the molecule is CC1CCC2(CC1)NC(=O)N(NC(=O)CCC(=O)c1cccs1)C2=O. The van der Waals surface area contributed by atoms with Crippen molar-refractivity contribution in [2.24, 2.45) is 5.92 Å². The van der Waals surface area contributed by atoms with E-state index in [2.05, 4.69) is 17.7 Å². The third-order valence-electron chi connectivity index (χ3n) is 4.90. The van der Waals surface area contributed by atoms with Crippen LogP contribution in [0.5, 0.6) is 0 Å². The zero-order chi connectivity index (χ0) is 18.0. The molecule has 1 aromatic rings. The van der Waals surface area contributed by atoms with Gasteiger partial charge in [-0.05, 0) is 43.0 Å². The van der Waals surface area contributed by atoms with Gasteiger partial charge in [0.05, 0.1) is 4.88 Å². The normalized spacial score (nSPS) is 26.0. The molecule has 1 saturated heterocycles. The number of hydrazine groups is 1. The number of carbonyl (C=O) groups is 4. The van der Waals surface area contributed by atoms with Gasteiger partial charge in [0.15, 0.2) is 5.78 Å². The summed E-state index contributed by atoms with van der Waals surface area (Å²) in [6.07, 6.45) is 2.87. The van der Waals surface area contributed by atoms with Gasteiger partial charge in [-0.1, -0.05) is 13.0 Å². The van der Waals surface area contributed by atoms with Gasteiger partial charge in [0.25, 0.3) is 5.91 Å². The van der Waals surface area contributed by atoms with Crippen molar-refractivity contribution in [2.75, 3.05) is 0 Å². The predicted octanol–water partition coefficient (Wildman–Crippen LogP) is 2.24. The first-order valence-corrected chi connectivity index (χ1v) is 9.32. The minimum atomic E-state index is -0.885. The molecule has 1 aromatic heterocycles. The van der Waals surface area contributed by atoms with Crippen molar-refractivity contribution >= 4 is 35.0 Å². The smallest absolute Gasteiger partial charge is 0.322 e. The lowest BCUT2D eigenvalue weighted by Crippen LogP contribution is -2.51. The summed E-state index contributed by atoms with van der Waals surface area (Å²) in [6.45, 7) is 2.12. The van der Waals surface area contributed by atoms with Crippen LogP contribution in [0.25, 0.3) is 0 Å². The second kappa shape index (κ2) is 6.95. The van der Waals surface area contributed by atoms with Gasteiger partial charge in [-0.2, -0.15) is 5.01 Å². The fourth-order valence-corrected chi connectivity index (χ4v) is 3.98. The Bertz CT molecular complexity index is 693. The van der Waals surface area contributed by atoms with Crippen LogP contribution in [0.15, 0.2) is 17.5 Å². The number of hydrogen-bond acceptors (Lipinski definition) is 5. The number of carbonyl (C=O) groups excluding carboxylic acids is 4. The monoisotopic (exact) mass is 363 g/mol. The Morgan fingerprint density at radius 1 is 1.32 bits per heavy atom. The van der Waals surface area contributed by atoms with Gasteiger partial charge in [-0.3, -0.25) is 19.8 Å². The first kappa shape index (κ1) is 17.6. The number of urea groups is 1. The molecule has 2 heterocycles. The molecular weight excluding hydrogens is 342 g/mol. The van der Waals surface area contributed by atoms with E-state index in [0.717, 1.165) is 17.9 Å². The van der Waals surface area contributed by atoms with Gasteiger partial charge in [-0.15, -0.1) is 11.3 Å². The summed E-state index contributed by atoms with van der Waals surface area (Å²) in [4.78, 5) is 49.3. The van der Waals surface area contributed by atoms with E-state index in [9.17, 15) is 19.2 Å². The summed E-state index contributed by atoms with van der Waals surface area (Å²) < 4.78 is 0. The van der Waals surface area contributed by atoms with Crippen LogP contribution in [0.2, 0.25) is 0 Å². The van der Waals surface area contributed by atoms with Crippen LogP contribution in [0.1, 0.15) is 55.1 Å². The molecule has 2 aliphatic rings. The molecule has 1 spiro atoms. The number of rotatable bonds is 5. The van der Waals surface area contributed by atoms with E-state index in [1.807, 2.05) is 0 Å². The number of Topliss-reactive ketones (excluding diaryl/α,β-unsaturated/α-hetero) is 1. The van der Waals surface area contributed by atoms with Gasteiger partial charge in [0.1, 0.15) is 5.54 Å². The number of imide groups is 1. The van der Waals surface area contributed by atoms with Crippen LogP contribution in [0, 0.1) is 5.92 Å². The summed E-state index contributed by atoms with van der Waals surface area (Å²) in [5, 5.41) is 5.31. The van der Waals surface area contributed by atoms with Crippen molar-refractivity contribution in [3.63, 3.8) is 0 Å². The van der Waals surface area contributed by atoms with Crippen molar-refractivity contribution < 1.29 is 19.2 Å². The highest BCUT2D eigenvalue weighted by molar-refractivity contribution is 7.12. The largest absolute Gasteiger partial charge is 0.344 e. The first-order chi connectivity index (χ1) is 11.9. The highest BCUT2D eigenvalue weighted by Crippen LogP contribution is 2.35. The van der Waals surface area contributed by atoms with Gasteiger partial charge < -0.3 is 5.32 Å². The molecule has 7 nitrogen and oxygen atoms in total. The van der Waals surface area contributed by atoms with Gasteiger partial charge in [0.2, 0.25) is 5.91 Å². The Morgan fingerprint density at radius 2 is 2.04 bits per heavy atom. The molecule has 2 N–H and O–H groups in total. The lowest BCUT2D eigenvalue weighted by molar-refractivity contribution is -0.140. The summed E-state index contributed by atoms with van der Waals surface area (Å²) >= 11 is 1.32. The number of thiophene rings is 1.